The van der Waals surface area contributed by atoms with Crippen molar-refractivity contribution in [3.63, 3.8) is 0 Å². The Labute approximate surface area is 61.8 Å². The fraction of sp³-hybridized carbons (Fsp3) is 1.00. The van der Waals surface area contributed by atoms with Crippen LogP contribution in [0.25, 0.3) is 0 Å². The van der Waals surface area contributed by atoms with Crippen molar-refractivity contribution < 1.29 is 20.4 Å². The van der Waals surface area contributed by atoms with Gasteiger partial charge < -0.3 is 20.4 Å². The summed E-state index contributed by atoms with van der Waals surface area (Å²) in [4.78, 5) is 0. The lowest BCUT2D eigenvalue weighted by atomic mass is 10.4. The molecule has 4 N–H and O–H groups in total. The Morgan fingerprint density at radius 2 is 1.30 bits per heavy atom. The standard InChI is InChI=1S/C3H8O3.C2H6O.CH4/c4-1-3(6)2-5;1-2-3;/h3-6H,1-2H2;3H,2H2,1H3;1H4. The van der Waals surface area contributed by atoms with E-state index in [1.165, 1.54) is 0 Å². The van der Waals surface area contributed by atoms with Gasteiger partial charge in [0.2, 0.25) is 0 Å². The van der Waals surface area contributed by atoms with E-state index in [0.29, 0.717) is 0 Å². The Balaban J connectivity index is -0.000000107. The van der Waals surface area contributed by atoms with Gasteiger partial charge in [0.05, 0.1) is 13.2 Å². The first-order chi connectivity index (χ1) is 4.22. The second kappa shape index (κ2) is 15.9. The highest BCUT2D eigenvalue weighted by atomic mass is 16.3. The summed E-state index contributed by atoms with van der Waals surface area (Å²) in [6.45, 7) is 1.20. The molecule has 0 fully saturated rings. The summed E-state index contributed by atoms with van der Waals surface area (Å²) in [7, 11) is 0. The fourth-order valence-corrected chi connectivity index (χ4v) is 0.0577. The van der Waals surface area contributed by atoms with Crippen LogP contribution in [-0.2, 0) is 0 Å². The first-order valence-electron chi connectivity index (χ1n) is 2.73. The summed E-state index contributed by atoms with van der Waals surface area (Å²) < 4.78 is 0. The van der Waals surface area contributed by atoms with E-state index in [0.717, 1.165) is 0 Å². The van der Waals surface area contributed by atoms with Gasteiger partial charge in [-0.1, -0.05) is 7.43 Å². The van der Waals surface area contributed by atoms with Crippen molar-refractivity contribution in [2.24, 2.45) is 0 Å². The monoisotopic (exact) mass is 154 g/mol. The van der Waals surface area contributed by atoms with Gasteiger partial charge in [-0.3, -0.25) is 0 Å². The largest absolute Gasteiger partial charge is 0.397 e. The van der Waals surface area contributed by atoms with Crippen molar-refractivity contribution in [3.8, 4) is 0 Å². The third kappa shape index (κ3) is 24.9. The second-order valence-electron chi connectivity index (χ2n) is 1.34. The van der Waals surface area contributed by atoms with Gasteiger partial charge in [0, 0.05) is 6.61 Å². The van der Waals surface area contributed by atoms with Gasteiger partial charge in [0.15, 0.2) is 0 Å². The molecule has 0 bridgehead atoms. The Morgan fingerprint density at radius 1 is 1.10 bits per heavy atom. The van der Waals surface area contributed by atoms with Gasteiger partial charge in [-0.15, -0.1) is 0 Å². The van der Waals surface area contributed by atoms with E-state index in [2.05, 4.69) is 0 Å². The lowest BCUT2D eigenvalue weighted by Crippen LogP contribution is -2.15. The van der Waals surface area contributed by atoms with Crippen LogP contribution in [0, 0.1) is 0 Å². The van der Waals surface area contributed by atoms with E-state index in [1.54, 1.807) is 6.92 Å². The van der Waals surface area contributed by atoms with Crippen LogP contribution in [0.1, 0.15) is 14.4 Å². The van der Waals surface area contributed by atoms with Gasteiger partial charge >= 0.3 is 0 Å². The van der Waals surface area contributed by atoms with Crippen molar-refractivity contribution in [2.45, 2.75) is 20.5 Å². The molecule has 0 heterocycles. The molecule has 66 valence electrons. The highest BCUT2D eigenvalue weighted by molar-refractivity contribution is 4.43. The lowest BCUT2D eigenvalue weighted by molar-refractivity contribution is 0.0450. The molecule has 0 unspecified atom stereocenters. The van der Waals surface area contributed by atoms with E-state index in [9.17, 15) is 0 Å². The van der Waals surface area contributed by atoms with Gasteiger partial charge in [-0.2, -0.15) is 0 Å². The summed E-state index contributed by atoms with van der Waals surface area (Å²) in [6, 6.07) is 0. The van der Waals surface area contributed by atoms with Gasteiger partial charge in [0.25, 0.3) is 0 Å². The average molecular weight is 154 g/mol. The minimum Gasteiger partial charge on any atom is -0.397 e. The highest BCUT2D eigenvalue weighted by Gasteiger charge is 1.93. The molecule has 4 heteroatoms. The first-order valence-corrected chi connectivity index (χ1v) is 2.73. The molecule has 0 aromatic carbocycles. The molecule has 0 spiro atoms. The molecule has 0 saturated heterocycles. The molecule has 0 radical (unpaired) electrons. The Bertz CT molecular complexity index is 36.7. The summed E-state index contributed by atoms with van der Waals surface area (Å²) in [5.74, 6) is 0. The Hall–Kier alpha value is -0.160. The SMILES string of the molecule is C.CCO.OCC(O)CO. The van der Waals surface area contributed by atoms with Crippen LogP contribution >= 0.6 is 0 Å². The molecular formula is C6H18O4. The van der Waals surface area contributed by atoms with Crippen molar-refractivity contribution in [1.29, 1.82) is 0 Å². The molecule has 0 amide bonds. The Morgan fingerprint density at radius 3 is 1.30 bits per heavy atom. The first kappa shape index (κ1) is 16.4. The maximum absolute atomic E-state index is 8.17. The zero-order valence-electron chi connectivity index (χ0n) is 5.49. The third-order valence-electron chi connectivity index (χ3n) is 0.421. The molecule has 0 aromatic rings. The average Bonchev–Trinajstić information content (AvgIpc) is 1.88. The Kier molecular flexibility index (Phi) is 26.2. The summed E-state index contributed by atoms with van der Waals surface area (Å²) in [5, 5.41) is 31.6. The molecule has 0 aliphatic carbocycles. The maximum Gasteiger partial charge on any atom is 0.100 e. The van der Waals surface area contributed by atoms with E-state index in [-0.39, 0.29) is 27.2 Å². The van der Waals surface area contributed by atoms with Gasteiger partial charge in [-0.25, -0.2) is 0 Å². The molecule has 0 atom stereocenters. The van der Waals surface area contributed by atoms with E-state index in [4.69, 9.17) is 20.4 Å². The molecule has 0 aliphatic heterocycles. The minimum absolute atomic E-state index is 0. The molecule has 0 aromatic heterocycles. The van der Waals surface area contributed by atoms with Crippen LogP contribution in [0.4, 0.5) is 0 Å². The predicted octanol–water partition coefficient (Wildman–Crippen LogP) is -1.03. The zero-order chi connectivity index (χ0) is 7.70. The van der Waals surface area contributed by atoms with Crippen LogP contribution in [0.5, 0.6) is 0 Å². The van der Waals surface area contributed by atoms with Crippen molar-refractivity contribution in [2.75, 3.05) is 19.8 Å². The molecule has 4 nitrogen and oxygen atoms in total. The quantitative estimate of drug-likeness (QED) is 0.410. The van der Waals surface area contributed by atoms with Crippen molar-refractivity contribution in [3.05, 3.63) is 0 Å². The summed E-state index contributed by atoms with van der Waals surface area (Å²) in [6.07, 6.45) is -0.954. The van der Waals surface area contributed by atoms with Crippen LogP contribution in [0.2, 0.25) is 0 Å². The van der Waals surface area contributed by atoms with E-state index < -0.39 is 6.10 Å². The van der Waals surface area contributed by atoms with Gasteiger partial charge in [-0.05, 0) is 6.92 Å². The molecule has 10 heavy (non-hydrogen) atoms. The van der Waals surface area contributed by atoms with Crippen LogP contribution in [0.15, 0.2) is 0 Å². The molecular weight excluding hydrogens is 136 g/mol. The number of aliphatic hydroxyl groups excluding tert-OH is 4. The van der Waals surface area contributed by atoms with Crippen molar-refractivity contribution >= 4 is 0 Å². The second-order valence-corrected chi connectivity index (χ2v) is 1.34. The normalized spacial score (nSPS) is 7.80. The molecule has 0 rings (SSSR count). The van der Waals surface area contributed by atoms with E-state index in [1.807, 2.05) is 0 Å². The minimum atomic E-state index is -0.954. The smallest absolute Gasteiger partial charge is 0.100 e. The number of hydrogen-bond acceptors (Lipinski definition) is 4. The maximum atomic E-state index is 8.17. The number of rotatable bonds is 2. The van der Waals surface area contributed by atoms with E-state index >= 15 is 0 Å². The fourth-order valence-electron chi connectivity index (χ4n) is 0.0577. The van der Waals surface area contributed by atoms with Crippen LogP contribution in [-0.4, -0.2) is 46.4 Å². The zero-order valence-corrected chi connectivity index (χ0v) is 5.49. The predicted molar refractivity (Wildman–Crippen MR) is 39.7 cm³/mol. The molecule has 0 saturated carbocycles. The third-order valence-corrected chi connectivity index (χ3v) is 0.421. The van der Waals surface area contributed by atoms with Crippen LogP contribution < -0.4 is 0 Å². The lowest BCUT2D eigenvalue weighted by Gasteiger charge is -1.96. The summed E-state index contributed by atoms with van der Waals surface area (Å²) in [5.41, 5.74) is 0. The number of hydrogen-bond donors (Lipinski definition) is 4. The topological polar surface area (TPSA) is 80.9 Å². The van der Waals surface area contributed by atoms with Crippen LogP contribution in [0.3, 0.4) is 0 Å². The summed E-state index contributed by atoms with van der Waals surface area (Å²) >= 11 is 0. The number of aliphatic hydroxyl groups is 4. The van der Waals surface area contributed by atoms with Crippen molar-refractivity contribution in [1.82, 2.24) is 0 Å². The molecule has 0 aliphatic rings. The van der Waals surface area contributed by atoms with Gasteiger partial charge in [0.1, 0.15) is 6.10 Å². The highest BCUT2D eigenvalue weighted by Crippen LogP contribution is 1.71.